The first-order valence-corrected chi connectivity index (χ1v) is 6.10. The third kappa shape index (κ3) is 3.17. The number of nitrogens with zero attached hydrogens (tertiary/aromatic N) is 2. The van der Waals surface area contributed by atoms with Crippen LogP contribution in [0.4, 0.5) is 0 Å². The number of carbonyl (C=O) groups is 1. The number of hydrogen-bond acceptors (Lipinski definition) is 4. The van der Waals surface area contributed by atoms with Crippen LogP contribution in [0.3, 0.4) is 0 Å². The van der Waals surface area contributed by atoms with E-state index in [1.807, 2.05) is 4.90 Å². The third-order valence-electron chi connectivity index (χ3n) is 3.32. The molecule has 1 N–H and O–H groups in total. The monoisotopic (exact) mass is 227 g/mol. The maximum absolute atomic E-state index is 11.2. The average molecular weight is 227 g/mol. The van der Waals surface area contributed by atoms with E-state index >= 15 is 0 Å². The SMILES string of the molecule is CC(=O)N1CCC(NN2CCOCC2)CC1. The van der Waals surface area contributed by atoms with Crippen molar-refractivity contribution in [3.63, 3.8) is 0 Å². The molecule has 0 aliphatic carbocycles. The van der Waals surface area contributed by atoms with Gasteiger partial charge in [0.25, 0.3) is 0 Å². The zero-order chi connectivity index (χ0) is 11.4. The average Bonchev–Trinajstić information content (AvgIpc) is 2.31. The number of hydrazine groups is 1. The fourth-order valence-electron chi connectivity index (χ4n) is 2.27. The molecule has 0 aromatic heterocycles. The number of piperidine rings is 1. The van der Waals surface area contributed by atoms with Crippen molar-refractivity contribution in [1.82, 2.24) is 15.3 Å². The van der Waals surface area contributed by atoms with Gasteiger partial charge in [0.1, 0.15) is 0 Å². The molecule has 2 heterocycles. The van der Waals surface area contributed by atoms with Gasteiger partial charge in [-0.2, -0.15) is 0 Å². The summed E-state index contributed by atoms with van der Waals surface area (Å²) < 4.78 is 5.30. The summed E-state index contributed by atoms with van der Waals surface area (Å²) in [5.41, 5.74) is 3.53. The Bertz CT molecular complexity index is 233. The van der Waals surface area contributed by atoms with E-state index < -0.39 is 0 Å². The van der Waals surface area contributed by atoms with Crippen molar-refractivity contribution in [3.8, 4) is 0 Å². The summed E-state index contributed by atoms with van der Waals surface area (Å²) in [6.45, 7) is 6.99. The van der Waals surface area contributed by atoms with Gasteiger partial charge < -0.3 is 9.64 Å². The first kappa shape index (κ1) is 11.8. The second kappa shape index (κ2) is 5.61. The van der Waals surface area contributed by atoms with Crippen LogP contribution in [-0.4, -0.2) is 61.3 Å². The number of rotatable bonds is 2. The normalized spacial score (nSPS) is 24.7. The highest BCUT2D eigenvalue weighted by Gasteiger charge is 2.22. The molecular formula is C11H21N3O2. The van der Waals surface area contributed by atoms with Gasteiger partial charge in [0.05, 0.1) is 13.2 Å². The second-order valence-electron chi connectivity index (χ2n) is 4.51. The smallest absolute Gasteiger partial charge is 0.219 e. The maximum Gasteiger partial charge on any atom is 0.219 e. The Morgan fingerprint density at radius 2 is 1.81 bits per heavy atom. The minimum Gasteiger partial charge on any atom is -0.379 e. The predicted molar refractivity (Wildman–Crippen MR) is 60.8 cm³/mol. The van der Waals surface area contributed by atoms with E-state index in [1.165, 1.54) is 0 Å². The lowest BCUT2D eigenvalue weighted by atomic mass is 10.1. The Labute approximate surface area is 96.7 Å². The Kier molecular flexibility index (Phi) is 4.15. The van der Waals surface area contributed by atoms with Crippen molar-refractivity contribution in [3.05, 3.63) is 0 Å². The molecule has 0 bridgehead atoms. The van der Waals surface area contributed by atoms with Gasteiger partial charge in [-0.15, -0.1) is 0 Å². The number of likely N-dealkylation sites (tertiary alicyclic amines) is 1. The molecule has 0 spiro atoms. The lowest BCUT2D eigenvalue weighted by Crippen LogP contribution is -2.53. The number of ether oxygens (including phenoxy) is 1. The molecule has 0 unspecified atom stereocenters. The van der Waals surface area contributed by atoms with Crippen molar-refractivity contribution >= 4 is 5.91 Å². The molecule has 0 atom stereocenters. The molecule has 0 aromatic rings. The van der Waals surface area contributed by atoms with Crippen molar-refractivity contribution in [1.29, 1.82) is 0 Å². The van der Waals surface area contributed by atoms with Crippen LogP contribution >= 0.6 is 0 Å². The van der Waals surface area contributed by atoms with Crippen LogP contribution < -0.4 is 5.43 Å². The highest BCUT2D eigenvalue weighted by atomic mass is 16.5. The van der Waals surface area contributed by atoms with Crippen LogP contribution in [-0.2, 0) is 9.53 Å². The highest BCUT2D eigenvalue weighted by molar-refractivity contribution is 5.73. The number of morpholine rings is 1. The molecule has 92 valence electrons. The number of hydrogen-bond donors (Lipinski definition) is 1. The van der Waals surface area contributed by atoms with Gasteiger partial charge >= 0.3 is 0 Å². The van der Waals surface area contributed by atoms with Gasteiger partial charge in [-0.25, -0.2) is 5.01 Å². The fourth-order valence-corrected chi connectivity index (χ4v) is 2.27. The van der Waals surface area contributed by atoms with E-state index in [1.54, 1.807) is 6.92 Å². The van der Waals surface area contributed by atoms with Crippen LogP contribution in [0.15, 0.2) is 0 Å². The number of nitrogens with one attached hydrogen (secondary N) is 1. The molecule has 5 nitrogen and oxygen atoms in total. The summed E-state index contributed by atoms with van der Waals surface area (Å²) in [5, 5.41) is 2.25. The Hall–Kier alpha value is -0.650. The van der Waals surface area contributed by atoms with Crippen molar-refractivity contribution in [2.45, 2.75) is 25.8 Å². The summed E-state index contributed by atoms with van der Waals surface area (Å²) in [6.07, 6.45) is 2.11. The first-order chi connectivity index (χ1) is 7.75. The molecule has 2 rings (SSSR count). The molecular weight excluding hydrogens is 206 g/mol. The fraction of sp³-hybridized carbons (Fsp3) is 0.909. The highest BCUT2D eigenvalue weighted by Crippen LogP contribution is 2.11. The molecule has 0 aromatic carbocycles. The van der Waals surface area contributed by atoms with Gasteiger partial charge in [0.2, 0.25) is 5.91 Å². The molecule has 16 heavy (non-hydrogen) atoms. The molecule has 1 amide bonds. The quantitative estimate of drug-likeness (QED) is 0.711. The van der Waals surface area contributed by atoms with Gasteiger partial charge in [0.15, 0.2) is 0 Å². The molecule has 0 radical (unpaired) electrons. The Morgan fingerprint density at radius 3 is 2.38 bits per heavy atom. The van der Waals surface area contributed by atoms with E-state index in [0.29, 0.717) is 6.04 Å². The van der Waals surface area contributed by atoms with Crippen LogP contribution in [0, 0.1) is 0 Å². The molecule has 0 saturated carbocycles. The van der Waals surface area contributed by atoms with Crippen molar-refractivity contribution in [2.75, 3.05) is 39.4 Å². The third-order valence-corrected chi connectivity index (χ3v) is 3.32. The summed E-state index contributed by atoms with van der Waals surface area (Å²) in [5.74, 6) is 0.199. The largest absolute Gasteiger partial charge is 0.379 e. The lowest BCUT2D eigenvalue weighted by molar-refractivity contribution is -0.130. The standard InChI is InChI=1S/C11H21N3O2/c1-10(15)13-4-2-11(3-5-13)12-14-6-8-16-9-7-14/h11-12H,2-9H2,1H3. The Balaban J connectivity index is 1.70. The van der Waals surface area contributed by atoms with Crippen molar-refractivity contribution < 1.29 is 9.53 Å². The number of amides is 1. The minimum absolute atomic E-state index is 0.199. The maximum atomic E-state index is 11.2. The van der Waals surface area contributed by atoms with E-state index in [9.17, 15) is 4.79 Å². The summed E-state index contributed by atoms with van der Waals surface area (Å²) in [6, 6.07) is 0.522. The Morgan fingerprint density at radius 1 is 1.19 bits per heavy atom. The van der Waals surface area contributed by atoms with Gasteiger partial charge in [-0.1, -0.05) is 0 Å². The van der Waals surface area contributed by atoms with Crippen LogP contribution in [0.2, 0.25) is 0 Å². The van der Waals surface area contributed by atoms with Crippen LogP contribution in [0.25, 0.3) is 0 Å². The zero-order valence-electron chi connectivity index (χ0n) is 9.95. The van der Waals surface area contributed by atoms with E-state index in [2.05, 4.69) is 10.4 Å². The molecule has 2 aliphatic rings. The summed E-state index contributed by atoms with van der Waals surface area (Å²) >= 11 is 0. The minimum atomic E-state index is 0.199. The molecule has 5 heteroatoms. The number of carbonyl (C=O) groups excluding carboxylic acids is 1. The van der Waals surface area contributed by atoms with Crippen molar-refractivity contribution in [2.24, 2.45) is 0 Å². The molecule has 2 fully saturated rings. The van der Waals surface area contributed by atoms with E-state index in [-0.39, 0.29) is 5.91 Å². The van der Waals surface area contributed by atoms with Crippen LogP contribution in [0.5, 0.6) is 0 Å². The topological polar surface area (TPSA) is 44.8 Å². The summed E-state index contributed by atoms with van der Waals surface area (Å²) in [7, 11) is 0. The predicted octanol–water partition coefficient (Wildman–Crippen LogP) is -0.166. The molecule has 2 aliphatic heterocycles. The van der Waals surface area contributed by atoms with Gasteiger partial charge in [-0.3, -0.25) is 10.2 Å². The van der Waals surface area contributed by atoms with E-state index in [0.717, 1.165) is 52.2 Å². The molecule has 2 saturated heterocycles. The zero-order valence-corrected chi connectivity index (χ0v) is 9.95. The van der Waals surface area contributed by atoms with E-state index in [4.69, 9.17) is 4.74 Å². The second-order valence-corrected chi connectivity index (χ2v) is 4.51. The van der Waals surface area contributed by atoms with Gasteiger partial charge in [-0.05, 0) is 12.8 Å². The lowest BCUT2D eigenvalue weighted by Gasteiger charge is -2.36. The first-order valence-electron chi connectivity index (χ1n) is 6.10. The summed E-state index contributed by atoms with van der Waals surface area (Å²) in [4.78, 5) is 13.1. The van der Waals surface area contributed by atoms with Crippen LogP contribution in [0.1, 0.15) is 19.8 Å². The van der Waals surface area contributed by atoms with Gasteiger partial charge in [0, 0.05) is 39.1 Å².